The smallest absolute Gasteiger partial charge is 0.234 e. The van der Waals surface area contributed by atoms with Crippen LogP contribution in [0.4, 0.5) is 8.78 Å². The lowest BCUT2D eigenvalue weighted by atomic mass is 10.0. The average Bonchev–Trinajstić information content (AvgIpc) is 3.37. The van der Waals surface area contributed by atoms with Gasteiger partial charge in [-0.25, -0.2) is 13.8 Å². The molecule has 2 N–H and O–H groups in total. The Hall–Kier alpha value is -3.79. The fourth-order valence-electron chi connectivity index (χ4n) is 4.88. The van der Waals surface area contributed by atoms with Crippen LogP contribution in [0.3, 0.4) is 0 Å². The van der Waals surface area contributed by atoms with E-state index in [1.807, 2.05) is 18.2 Å². The molecule has 2 amide bonds. The Bertz CT molecular complexity index is 1340. The third kappa shape index (κ3) is 8.36. The van der Waals surface area contributed by atoms with Crippen molar-refractivity contribution >= 4 is 11.8 Å². The van der Waals surface area contributed by atoms with Crippen LogP contribution in [0, 0.1) is 11.6 Å². The fourth-order valence-corrected chi connectivity index (χ4v) is 4.88. The second-order valence-electron chi connectivity index (χ2n) is 10.8. The summed E-state index contributed by atoms with van der Waals surface area (Å²) < 4.78 is 35.5. The number of nitrogens with zero attached hydrogens (tertiary/aromatic N) is 3. The minimum atomic E-state index is -0.986. The Kier molecular flexibility index (Phi) is 10.5. The topological polar surface area (TPSA) is 88.5 Å². The molecule has 0 bridgehead atoms. The van der Waals surface area contributed by atoms with Crippen molar-refractivity contribution in [1.29, 1.82) is 0 Å². The zero-order chi connectivity index (χ0) is 29.4. The molecule has 3 aromatic rings. The number of amides is 2. The first kappa shape index (κ1) is 30.2. The number of rotatable bonds is 7. The van der Waals surface area contributed by atoms with Crippen LogP contribution in [0.15, 0.2) is 48.8 Å². The quantitative estimate of drug-likeness (QED) is 0.441. The first-order chi connectivity index (χ1) is 19.7. The molecule has 1 aliphatic heterocycles. The van der Waals surface area contributed by atoms with Crippen LogP contribution in [0.1, 0.15) is 68.1 Å². The van der Waals surface area contributed by atoms with Gasteiger partial charge in [-0.05, 0) is 68.9 Å². The highest BCUT2D eigenvalue weighted by atomic mass is 19.2. The van der Waals surface area contributed by atoms with E-state index in [1.165, 1.54) is 6.07 Å². The van der Waals surface area contributed by atoms with Crippen LogP contribution in [0.25, 0.3) is 0 Å². The van der Waals surface area contributed by atoms with Gasteiger partial charge in [-0.15, -0.1) is 0 Å². The molecule has 0 spiro atoms. The predicted octanol–water partition coefficient (Wildman–Crippen LogP) is 4.43. The van der Waals surface area contributed by atoms with Gasteiger partial charge in [0, 0.05) is 50.6 Å². The number of fused-ring (bicyclic) bond motifs is 1. The van der Waals surface area contributed by atoms with Gasteiger partial charge < -0.3 is 19.9 Å². The molecule has 0 fully saturated rings. The number of imidazole rings is 1. The third-order valence-corrected chi connectivity index (χ3v) is 7.32. The summed E-state index contributed by atoms with van der Waals surface area (Å²) in [5.74, 6) is -0.877. The van der Waals surface area contributed by atoms with Gasteiger partial charge in [-0.3, -0.25) is 14.5 Å². The maximum atomic E-state index is 14.0. The summed E-state index contributed by atoms with van der Waals surface area (Å²) >= 11 is 0. The maximum absolute atomic E-state index is 14.0. The number of aromatic nitrogens is 2. The molecule has 220 valence electrons. The van der Waals surface area contributed by atoms with E-state index in [4.69, 9.17) is 4.74 Å². The molecule has 1 atom stereocenters. The lowest BCUT2D eigenvalue weighted by Crippen LogP contribution is -2.40. The Morgan fingerprint density at radius 2 is 1.93 bits per heavy atom. The Morgan fingerprint density at radius 3 is 2.66 bits per heavy atom. The summed E-state index contributed by atoms with van der Waals surface area (Å²) in [5.41, 5.74) is 2.33. The van der Waals surface area contributed by atoms with E-state index >= 15 is 0 Å². The highest BCUT2D eigenvalue weighted by Gasteiger charge is 2.23. The molecular formula is C31H39F2N5O3. The number of benzene rings is 2. The standard InChI is InChI=1S/C31H39F2N5O3/c1-21(2)38-19-24-17-22(7-11-27(24)41-16-6-4-5-13-34-29(40)20-38)8-12-28(39)36-30(31-35-14-15-37(31)3)23-9-10-25(32)26(33)18-23/h7,9-11,14-15,17-18,21,30H,4-6,8,12-13,16,19-20H2,1-3H3,(H,34,40)(H,36,39). The van der Waals surface area contributed by atoms with Crippen molar-refractivity contribution in [2.45, 2.75) is 64.6 Å². The van der Waals surface area contributed by atoms with Gasteiger partial charge in [0.1, 0.15) is 17.6 Å². The SMILES string of the molecule is CC(C)N1CC(=O)NCCCCCOc2ccc(CCC(=O)NC(c3ccc(F)c(F)c3)c3nccn3C)cc2C1. The molecule has 0 saturated carbocycles. The number of carbonyl (C=O) groups is 2. The molecule has 0 saturated heterocycles. The van der Waals surface area contributed by atoms with Crippen LogP contribution in [0.2, 0.25) is 0 Å². The summed E-state index contributed by atoms with van der Waals surface area (Å²) in [7, 11) is 1.78. The fraction of sp³-hybridized carbons (Fsp3) is 0.452. The summed E-state index contributed by atoms with van der Waals surface area (Å²) in [5, 5.41) is 5.96. The van der Waals surface area contributed by atoms with Crippen molar-refractivity contribution in [3.05, 3.63) is 82.9 Å². The average molecular weight is 568 g/mol. The minimum absolute atomic E-state index is 0.0107. The van der Waals surface area contributed by atoms with E-state index in [1.54, 1.807) is 24.0 Å². The summed E-state index contributed by atoms with van der Waals surface area (Å²) in [4.78, 5) is 32.1. The molecule has 10 heteroatoms. The van der Waals surface area contributed by atoms with Crippen LogP contribution < -0.4 is 15.4 Å². The number of hydrogen-bond acceptors (Lipinski definition) is 5. The number of carbonyl (C=O) groups excluding carboxylic acids is 2. The van der Waals surface area contributed by atoms with E-state index in [0.717, 1.165) is 48.3 Å². The van der Waals surface area contributed by atoms with Gasteiger partial charge in [0.25, 0.3) is 0 Å². The lowest BCUT2D eigenvalue weighted by molar-refractivity contribution is -0.123. The Labute approximate surface area is 240 Å². The van der Waals surface area contributed by atoms with Crippen molar-refractivity contribution in [1.82, 2.24) is 25.1 Å². The minimum Gasteiger partial charge on any atom is -0.493 e. The van der Waals surface area contributed by atoms with Crippen molar-refractivity contribution in [2.24, 2.45) is 7.05 Å². The second-order valence-corrected chi connectivity index (χ2v) is 10.8. The van der Waals surface area contributed by atoms with Crippen molar-refractivity contribution < 1.29 is 23.1 Å². The summed E-state index contributed by atoms with van der Waals surface area (Å²) in [6.45, 7) is 6.22. The largest absolute Gasteiger partial charge is 0.493 e. The predicted molar refractivity (Wildman–Crippen MR) is 152 cm³/mol. The highest BCUT2D eigenvalue weighted by Crippen LogP contribution is 2.26. The number of aryl methyl sites for hydroxylation is 2. The van der Waals surface area contributed by atoms with E-state index < -0.39 is 17.7 Å². The van der Waals surface area contributed by atoms with E-state index in [0.29, 0.717) is 44.0 Å². The molecule has 8 nitrogen and oxygen atoms in total. The molecule has 2 heterocycles. The Morgan fingerprint density at radius 1 is 1.10 bits per heavy atom. The van der Waals surface area contributed by atoms with Crippen LogP contribution in [-0.2, 0) is 29.6 Å². The van der Waals surface area contributed by atoms with Gasteiger partial charge >= 0.3 is 0 Å². The summed E-state index contributed by atoms with van der Waals surface area (Å²) in [6, 6.07) is 8.94. The summed E-state index contributed by atoms with van der Waals surface area (Å²) in [6.07, 6.45) is 6.76. The molecular weight excluding hydrogens is 528 g/mol. The number of hydrogen-bond donors (Lipinski definition) is 2. The normalized spacial score (nSPS) is 16.0. The monoisotopic (exact) mass is 567 g/mol. The van der Waals surface area contributed by atoms with Gasteiger partial charge in [-0.1, -0.05) is 18.2 Å². The van der Waals surface area contributed by atoms with Crippen LogP contribution in [0.5, 0.6) is 5.75 Å². The molecule has 4 rings (SSSR count). The highest BCUT2D eigenvalue weighted by molar-refractivity contribution is 5.78. The van der Waals surface area contributed by atoms with Crippen molar-refractivity contribution in [3.8, 4) is 5.75 Å². The first-order valence-corrected chi connectivity index (χ1v) is 14.2. The second kappa shape index (κ2) is 14.2. The molecule has 1 unspecified atom stereocenters. The van der Waals surface area contributed by atoms with Gasteiger partial charge in [0.15, 0.2) is 11.6 Å². The van der Waals surface area contributed by atoms with Crippen molar-refractivity contribution in [2.75, 3.05) is 19.7 Å². The first-order valence-electron chi connectivity index (χ1n) is 14.2. The van der Waals surface area contributed by atoms with Crippen molar-refractivity contribution in [3.63, 3.8) is 0 Å². The lowest BCUT2D eigenvalue weighted by Gasteiger charge is -2.27. The van der Waals surface area contributed by atoms with E-state index in [-0.39, 0.29) is 24.3 Å². The van der Waals surface area contributed by atoms with Crippen LogP contribution in [-0.4, -0.2) is 52.0 Å². The van der Waals surface area contributed by atoms with E-state index in [9.17, 15) is 18.4 Å². The zero-order valence-corrected chi connectivity index (χ0v) is 24.0. The molecule has 0 radical (unpaired) electrons. The molecule has 0 aliphatic carbocycles. The van der Waals surface area contributed by atoms with Gasteiger partial charge in [0.2, 0.25) is 11.8 Å². The van der Waals surface area contributed by atoms with E-state index in [2.05, 4.69) is 34.4 Å². The molecule has 1 aromatic heterocycles. The molecule has 2 aromatic carbocycles. The van der Waals surface area contributed by atoms with Gasteiger partial charge in [0.05, 0.1) is 13.2 Å². The number of ether oxygens (including phenoxy) is 1. The van der Waals surface area contributed by atoms with Crippen LogP contribution >= 0.6 is 0 Å². The Balaban J connectivity index is 1.49. The third-order valence-electron chi connectivity index (χ3n) is 7.32. The zero-order valence-electron chi connectivity index (χ0n) is 24.0. The molecule has 1 aliphatic rings. The van der Waals surface area contributed by atoms with Gasteiger partial charge in [-0.2, -0.15) is 0 Å². The number of nitrogens with one attached hydrogen (secondary N) is 2. The number of halogens is 2. The molecule has 41 heavy (non-hydrogen) atoms. The maximum Gasteiger partial charge on any atom is 0.234 e.